The van der Waals surface area contributed by atoms with Crippen LogP contribution in [0.3, 0.4) is 0 Å². The van der Waals surface area contributed by atoms with Crippen LogP contribution in [0.5, 0.6) is 0 Å². The topological polar surface area (TPSA) is 102 Å². The molecule has 0 unspecified atom stereocenters. The van der Waals surface area contributed by atoms with Gasteiger partial charge in [-0.25, -0.2) is 9.78 Å². The van der Waals surface area contributed by atoms with Crippen LogP contribution in [-0.2, 0) is 0 Å². The molecule has 1 aromatic heterocycles. The highest BCUT2D eigenvalue weighted by Crippen LogP contribution is 2.26. The molecule has 0 atom stereocenters. The molecule has 0 spiro atoms. The zero-order valence-corrected chi connectivity index (χ0v) is 19.5. The zero-order valence-electron chi connectivity index (χ0n) is 18.7. The number of carbonyl (C=O) groups is 1. The number of carboxylic acid groups (broad SMARTS) is 1. The highest BCUT2D eigenvalue weighted by Gasteiger charge is 2.23. The number of nitrogens with one attached hydrogen (secondary N) is 3. The van der Waals surface area contributed by atoms with Gasteiger partial charge in [-0.3, -0.25) is 0 Å². The Bertz CT molecular complexity index is 1140. The van der Waals surface area contributed by atoms with Crippen LogP contribution in [0.1, 0.15) is 36.0 Å². The minimum atomic E-state index is -0.945. The van der Waals surface area contributed by atoms with E-state index in [9.17, 15) is 4.79 Å². The van der Waals surface area contributed by atoms with E-state index < -0.39 is 5.97 Å². The predicted molar refractivity (Wildman–Crippen MR) is 136 cm³/mol. The molecule has 3 aromatic rings. The molecule has 172 valence electrons. The van der Waals surface area contributed by atoms with Gasteiger partial charge in [-0.15, -0.1) is 0 Å². The number of aromatic nitrogens is 2. The van der Waals surface area contributed by atoms with E-state index in [0.717, 1.165) is 48.1 Å². The second kappa shape index (κ2) is 9.99. The molecule has 1 heterocycles. The summed E-state index contributed by atoms with van der Waals surface area (Å²) in [6.07, 6.45) is 3.93. The summed E-state index contributed by atoms with van der Waals surface area (Å²) in [5, 5.41) is 20.6. The van der Waals surface area contributed by atoms with Crippen molar-refractivity contribution in [3.63, 3.8) is 0 Å². The smallest absolute Gasteiger partial charge is 0.335 e. The van der Waals surface area contributed by atoms with Gasteiger partial charge in [-0.2, -0.15) is 4.98 Å². The third-order valence-corrected chi connectivity index (χ3v) is 6.01. The number of rotatable bonds is 6. The van der Waals surface area contributed by atoms with E-state index in [-0.39, 0.29) is 11.6 Å². The van der Waals surface area contributed by atoms with Crippen molar-refractivity contribution in [2.45, 2.75) is 37.8 Å². The van der Waals surface area contributed by atoms with Crippen LogP contribution in [0.4, 0.5) is 17.5 Å². The number of benzene rings is 2. The lowest BCUT2D eigenvalue weighted by Gasteiger charge is -2.30. The summed E-state index contributed by atoms with van der Waals surface area (Å²) in [6.45, 7) is 0. The van der Waals surface area contributed by atoms with E-state index in [1.807, 2.05) is 43.3 Å². The van der Waals surface area contributed by atoms with Crippen LogP contribution in [0.25, 0.3) is 10.9 Å². The van der Waals surface area contributed by atoms with Gasteiger partial charge in [-0.05, 0) is 74.3 Å². The fourth-order valence-electron chi connectivity index (χ4n) is 4.08. The van der Waals surface area contributed by atoms with Gasteiger partial charge in [0, 0.05) is 37.3 Å². The van der Waals surface area contributed by atoms with E-state index in [0.29, 0.717) is 17.1 Å². The average molecular weight is 465 g/mol. The molecule has 1 fully saturated rings. The molecule has 1 aliphatic rings. The van der Waals surface area contributed by atoms with Crippen molar-refractivity contribution in [2.75, 3.05) is 29.6 Å². The van der Waals surface area contributed by atoms with Crippen molar-refractivity contribution in [1.29, 1.82) is 0 Å². The van der Waals surface area contributed by atoms with Crippen molar-refractivity contribution in [3.8, 4) is 0 Å². The van der Waals surface area contributed by atoms with Crippen LogP contribution in [0.2, 0.25) is 0 Å². The molecule has 0 amide bonds. The summed E-state index contributed by atoms with van der Waals surface area (Å²) >= 11 is 5.44. The third kappa shape index (κ3) is 5.67. The summed E-state index contributed by atoms with van der Waals surface area (Å²) in [7, 11) is 3.99. The van der Waals surface area contributed by atoms with E-state index in [4.69, 9.17) is 27.3 Å². The number of fused-ring (bicyclic) bond motifs is 1. The Balaban J connectivity index is 1.30. The van der Waals surface area contributed by atoms with Crippen molar-refractivity contribution in [1.82, 2.24) is 15.3 Å². The lowest BCUT2D eigenvalue weighted by molar-refractivity contribution is 0.0697. The highest BCUT2D eigenvalue weighted by atomic mass is 32.1. The van der Waals surface area contributed by atoms with E-state index >= 15 is 0 Å². The SMILES string of the molecule is CN(C)c1nc(N[C@H]2CC[C@@H](NC(=S)Nc3ccc(C(=O)O)cc3)CC2)nc2ccccc12. The standard InChI is InChI=1S/C24H28N6O2S/c1-30(2)21-19-5-3-4-6-20(19)28-23(29-21)25-16-11-13-18(14-12-16)27-24(33)26-17-9-7-15(8-10-17)22(31)32/h3-10,16,18H,11-14H2,1-2H3,(H,31,32)(H,25,28,29)(H2,26,27,33)/t16-,18+. The molecule has 8 nitrogen and oxygen atoms in total. The molecule has 1 saturated carbocycles. The Kier molecular flexibility index (Phi) is 6.88. The number of hydrogen-bond donors (Lipinski definition) is 4. The van der Waals surface area contributed by atoms with Gasteiger partial charge in [0.05, 0.1) is 11.1 Å². The molecular formula is C24H28N6O2S. The lowest BCUT2D eigenvalue weighted by atomic mass is 9.91. The van der Waals surface area contributed by atoms with E-state index in [1.165, 1.54) is 0 Å². The first-order valence-corrected chi connectivity index (χ1v) is 11.4. The van der Waals surface area contributed by atoms with Crippen molar-refractivity contribution >= 4 is 51.7 Å². The normalized spacial score (nSPS) is 17.9. The molecule has 9 heteroatoms. The molecule has 2 aromatic carbocycles. The molecular weight excluding hydrogens is 436 g/mol. The number of para-hydroxylation sites is 1. The van der Waals surface area contributed by atoms with Crippen LogP contribution in [0, 0.1) is 0 Å². The number of thiocarbonyl (C=S) groups is 1. The molecule has 0 radical (unpaired) electrons. The number of aromatic carboxylic acids is 1. The highest BCUT2D eigenvalue weighted by molar-refractivity contribution is 7.80. The first-order chi connectivity index (χ1) is 15.9. The molecule has 1 aliphatic carbocycles. The van der Waals surface area contributed by atoms with Crippen molar-refractivity contribution < 1.29 is 9.90 Å². The number of hydrogen-bond acceptors (Lipinski definition) is 6. The van der Waals surface area contributed by atoms with Crippen LogP contribution < -0.4 is 20.9 Å². The summed E-state index contributed by atoms with van der Waals surface area (Å²) in [4.78, 5) is 22.4. The largest absolute Gasteiger partial charge is 0.478 e. The van der Waals surface area contributed by atoms with Gasteiger partial charge in [0.25, 0.3) is 0 Å². The summed E-state index contributed by atoms with van der Waals surface area (Å²) in [6, 6.07) is 15.2. The number of carboxylic acids is 1. The first-order valence-electron chi connectivity index (χ1n) is 11.0. The summed E-state index contributed by atoms with van der Waals surface area (Å²) in [5.74, 6) is 0.627. The minimum Gasteiger partial charge on any atom is -0.478 e. The van der Waals surface area contributed by atoms with Crippen LogP contribution >= 0.6 is 12.2 Å². The summed E-state index contributed by atoms with van der Waals surface area (Å²) in [5.41, 5.74) is 1.94. The molecule has 0 bridgehead atoms. The fraction of sp³-hybridized carbons (Fsp3) is 0.333. The molecule has 4 rings (SSSR count). The second-order valence-electron chi connectivity index (χ2n) is 8.46. The van der Waals surface area contributed by atoms with Crippen LogP contribution in [-0.4, -0.2) is 52.3 Å². The fourth-order valence-corrected chi connectivity index (χ4v) is 4.36. The average Bonchev–Trinajstić information content (AvgIpc) is 2.80. The van der Waals surface area contributed by atoms with Gasteiger partial charge in [0.2, 0.25) is 5.95 Å². The van der Waals surface area contributed by atoms with Crippen molar-refractivity contribution in [2.24, 2.45) is 0 Å². The maximum atomic E-state index is 11.0. The zero-order chi connectivity index (χ0) is 23.4. The lowest BCUT2D eigenvalue weighted by Crippen LogP contribution is -2.42. The molecule has 0 saturated heterocycles. The molecule has 33 heavy (non-hydrogen) atoms. The van der Waals surface area contributed by atoms with Crippen LogP contribution in [0.15, 0.2) is 48.5 Å². The second-order valence-corrected chi connectivity index (χ2v) is 8.86. The maximum absolute atomic E-state index is 11.0. The van der Waals surface area contributed by atoms with Crippen molar-refractivity contribution in [3.05, 3.63) is 54.1 Å². The molecule has 4 N–H and O–H groups in total. The Labute approximate surface area is 198 Å². The monoisotopic (exact) mass is 464 g/mol. The van der Waals surface area contributed by atoms with E-state index in [1.54, 1.807) is 24.3 Å². The summed E-state index contributed by atoms with van der Waals surface area (Å²) < 4.78 is 0. The number of nitrogens with zero attached hydrogens (tertiary/aromatic N) is 3. The maximum Gasteiger partial charge on any atom is 0.335 e. The predicted octanol–water partition coefficient (Wildman–Crippen LogP) is 4.10. The third-order valence-electron chi connectivity index (χ3n) is 5.79. The minimum absolute atomic E-state index is 0.248. The number of anilines is 3. The molecule has 0 aliphatic heterocycles. The Hall–Kier alpha value is -3.46. The van der Waals surface area contributed by atoms with Gasteiger partial charge >= 0.3 is 5.97 Å². The van der Waals surface area contributed by atoms with E-state index in [2.05, 4.69) is 16.0 Å². The Morgan fingerprint density at radius 1 is 1.00 bits per heavy atom. The Morgan fingerprint density at radius 3 is 2.33 bits per heavy atom. The van der Waals surface area contributed by atoms with Gasteiger partial charge < -0.3 is 26.0 Å². The van der Waals surface area contributed by atoms with Gasteiger partial charge in [0.15, 0.2) is 5.11 Å². The van der Waals surface area contributed by atoms with Gasteiger partial charge in [0.1, 0.15) is 5.82 Å². The first kappa shape index (κ1) is 22.7. The quantitative estimate of drug-likeness (QED) is 0.402. The van der Waals surface area contributed by atoms with Gasteiger partial charge in [-0.1, -0.05) is 12.1 Å². The Morgan fingerprint density at radius 2 is 1.67 bits per heavy atom.